The third-order valence-electron chi connectivity index (χ3n) is 3.50. The molecule has 0 fully saturated rings. The molecular formula is C17H18N4OS. The SMILES string of the molecule is Cc1csc(N(CCc2ccccc2)C(=O)c2cnn(C)c2)n1. The minimum atomic E-state index is -0.0663. The Labute approximate surface area is 139 Å². The van der Waals surface area contributed by atoms with Gasteiger partial charge in [-0.25, -0.2) is 4.98 Å². The second-order valence-corrected chi connectivity index (χ2v) is 6.20. The number of anilines is 1. The van der Waals surface area contributed by atoms with E-state index in [1.165, 1.54) is 16.9 Å². The number of hydrogen-bond acceptors (Lipinski definition) is 4. The number of nitrogens with zero attached hydrogens (tertiary/aromatic N) is 4. The lowest BCUT2D eigenvalue weighted by Crippen LogP contribution is -2.32. The summed E-state index contributed by atoms with van der Waals surface area (Å²) >= 11 is 1.49. The molecule has 0 bridgehead atoms. The average molecular weight is 326 g/mol. The summed E-state index contributed by atoms with van der Waals surface area (Å²) in [7, 11) is 1.80. The van der Waals surface area contributed by atoms with Crippen molar-refractivity contribution in [3.05, 3.63) is 64.9 Å². The second-order valence-electron chi connectivity index (χ2n) is 5.37. The Balaban J connectivity index is 1.83. The van der Waals surface area contributed by atoms with Gasteiger partial charge >= 0.3 is 0 Å². The smallest absolute Gasteiger partial charge is 0.263 e. The fourth-order valence-electron chi connectivity index (χ4n) is 2.32. The highest BCUT2D eigenvalue weighted by atomic mass is 32.1. The molecule has 0 aliphatic rings. The van der Waals surface area contributed by atoms with E-state index < -0.39 is 0 Å². The molecule has 0 spiro atoms. The van der Waals surface area contributed by atoms with E-state index in [1.807, 2.05) is 30.5 Å². The highest BCUT2D eigenvalue weighted by Crippen LogP contribution is 2.22. The molecule has 1 amide bonds. The number of aryl methyl sites for hydroxylation is 2. The van der Waals surface area contributed by atoms with Gasteiger partial charge in [-0.1, -0.05) is 30.3 Å². The molecule has 0 N–H and O–H groups in total. The quantitative estimate of drug-likeness (QED) is 0.724. The van der Waals surface area contributed by atoms with Gasteiger partial charge in [0, 0.05) is 25.2 Å². The van der Waals surface area contributed by atoms with Crippen molar-refractivity contribution >= 4 is 22.4 Å². The van der Waals surface area contributed by atoms with Crippen molar-refractivity contribution in [3.8, 4) is 0 Å². The Morgan fingerprint density at radius 2 is 2.09 bits per heavy atom. The minimum absolute atomic E-state index is 0.0663. The third-order valence-corrected chi connectivity index (χ3v) is 4.48. The zero-order valence-electron chi connectivity index (χ0n) is 13.1. The summed E-state index contributed by atoms with van der Waals surface area (Å²) in [6.07, 6.45) is 4.11. The fourth-order valence-corrected chi connectivity index (χ4v) is 3.15. The number of thiazole rings is 1. The summed E-state index contributed by atoms with van der Waals surface area (Å²) in [4.78, 5) is 19.0. The van der Waals surface area contributed by atoms with E-state index in [0.29, 0.717) is 12.1 Å². The molecule has 5 nitrogen and oxygen atoms in total. The maximum atomic E-state index is 12.8. The lowest BCUT2D eigenvalue weighted by Gasteiger charge is -2.19. The molecule has 1 aromatic carbocycles. The third kappa shape index (κ3) is 3.65. The zero-order chi connectivity index (χ0) is 16.2. The van der Waals surface area contributed by atoms with Crippen LogP contribution in [0.3, 0.4) is 0 Å². The van der Waals surface area contributed by atoms with Gasteiger partial charge < -0.3 is 0 Å². The molecular weight excluding hydrogens is 308 g/mol. The van der Waals surface area contributed by atoms with E-state index in [4.69, 9.17) is 0 Å². The predicted octanol–water partition coefficient (Wildman–Crippen LogP) is 3.07. The Morgan fingerprint density at radius 3 is 2.70 bits per heavy atom. The van der Waals surface area contributed by atoms with Crippen LogP contribution in [0.1, 0.15) is 21.6 Å². The minimum Gasteiger partial charge on any atom is -0.284 e. The maximum Gasteiger partial charge on any atom is 0.263 e. The van der Waals surface area contributed by atoms with E-state index in [9.17, 15) is 4.79 Å². The lowest BCUT2D eigenvalue weighted by molar-refractivity contribution is 0.0987. The molecule has 6 heteroatoms. The monoisotopic (exact) mass is 326 g/mol. The summed E-state index contributed by atoms with van der Waals surface area (Å²) in [5.41, 5.74) is 2.70. The van der Waals surface area contributed by atoms with Gasteiger partial charge in [0.25, 0.3) is 5.91 Å². The number of rotatable bonds is 5. The van der Waals surface area contributed by atoms with E-state index in [-0.39, 0.29) is 5.91 Å². The first-order valence-electron chi connectivity index (χ1n) is 7.40. The molecule has 23 heavy (non-hydrogen) atoms. The van der Waals surface area contributed by atoms with Gasteiger partial charge in [-0.2, -0.15) is 5.10 Å². The van der Waals surface area contributed by atoms with E-state index >= 15 is 0 Å². The summed E-state index contributed by atoms with van der Waals surface area (Å²) in [6.45, 7) is 2.52. The van der Waals surface area contributed by atoms with Crippen LogP contribution in [-0.4, -0.2) is 27.2 Å². The molecule has 2 aromatic heterocycles. The summed E-state index contributed by atoms with van der Waals surface area (Å²) in [5.74, 6) is -0.0663. The van der Waals surface area contributed by atoms with Crippen molar-refractivity contribution < 1.29 is 4.79 Å². The average Bonchev–Trinajstić information content (AvgIpc) is 3.17. The summed E-state index contributed by atoms with van der Waals surface area (Å²) < 4.78 is 1.63. The van der Waals surface area contributed by atoms with Gasteiger partial charge in [0.2, 0.25) is 0 Å². The first-order valence-corrected chi connectivity index (χ1v) is 8.28. The fraction of sp³-hybridized carbons (Fsp3) is 0.235. The molecule has 0 aliphatic carbocycles. The molecule has 0 saturated heterocycles. The predicted molar refractivity (Wildman–Crippen MR) is 91.9 cm³/mol. The largest absolute Gasteiger partial charge is 0.284 e. The number of amides is 1. The van der Waals surface area contributed by atoms with Crippen molar-refractivity contribution in [1.29, 1.82) is 0 Å². The van der Waals surface area contributed by atoms with Crippen LogP contribution >= 0.6 is 11.3 Å². The Bertz CT molecular complexity index is 794. The standard InChI is InChI=1S/C17H18N4OS/c1-13-12-23-17(19-13)21(9-8-14-6-4-3-5-7-14)16(22)15-10-18-20(2)11-15/h3-7,10-12H,8-9H2,1-2H3. The number of hydrogen-bond donors (Lipinski definition) is 0. The van der Waals surface area contributed by atoms with E-state index in [0.717, 1.165) is 17.2 Å². The Morgan fingerprint density at radius 1 is 1.30 bits per heavy atom. The molecule has 0 unspecified atom stereocenters. The van der Waals surface area contributed by atoms with E-state index in [2.05, 4.69) is 22.2 Å². The van der Waals surface area contributed by atoms with Crippen LogP contribution in [0.15, 0.2) is 48.1 Å². The Hall–Kier alpha value is -2.47. The number of carbonyl (C=O) groups excluding carboxylic acids is 1. The van der Waals surface area contributed by atoms with Crippen LogP contribution in [-0.2, 0) is 13.5 Å². The first-order chi connectivity index (χ1) is 11.1. The van der Waals surface area contributed by atoms with Crippen molar-refractivity contribution in [2.45, 2.75) is 13.3 Å². The van der Waals surface area contributed by atoms with Crippen LogP contribution < -0.4 is 4.90 Å². The molecule has 0 saturated carbocycles. The van der Waals surface area contributed by atoms with Crippen molar-refractivity contribution in [1.82, 2.24) is 14.8 Å². The lowest BCUT2D eigenvalue weighted by atomic mass is 10.1. The molecule has 3 rings (SSSR count). The maximum absolute atomic E-state index is 12.8. The molecule has 3 aromatic rings. The van der Waals surface area contributed by atoms with Crippen LogP contribution in [0.25, 0.3) is 0 Å². The zero-order valence-corrected chi connectivity index (χ0v) is 14.0. The Kier molecular flexibility index (Phi) is 4.52. The number of benzene rings is 1. The molecule has 2 heterocycles. The summed E-state index contributed by atoms with van der Waals surface area (Å²) in [6, 6.07) is 10.2. The topological polar surface area (TPSA) is 51.0 Å². The molecule has 118 valence electrons. The molecule has 0 atom stereocenters. The number of aromatic nitrogens is 3. The van der Waals surface area contributed by atoms with Crippen molar-refractivity contribution in [2.24, 2.45) is 7.05 Å². The molecule has 0 aliphatic heterocycles. The van der Waals surface area contributed by atoms with Crippen LogP contribution in [0.4, 0.5) is 5.13 Å². The highest BCUT2D eigenvalue weighted by Gasteiger charge is 2.21. The van der Waals surface area contributed by atoms with Gasteiger partial charge in [0.1, 0.15) is 0 Å². The van der Waals surface area contributed by atoms with Gasteiger partial charge in [-0.3, -0.25) is 14.4 Å². The summed E-state index contributed by atoms with van der Waals surface area (Å²) in [5, 5.41) is 6.78. The van der Waals surface area contributed by atoms with Crippen molar-refractivity contribution in [2.75, 3.05) is 11.4 Å². The second kappa shape index (κ2) is 6.75. The van der Waals surface area contributed by atoms with Gasteiger partial charge in [0.15, 0.2) is 5.13 Å². The van der Waals surface area contributed by atoms with Gasteiger partial charge in [0.05, 0.1) is 17.5 Å². The van der Waals surface area contributed by atoms with Gasteiger partial charge in [-0.15, -0.1) is 11.3 Å². The van der Waals surface area contributed by atoms with Crippen LogP contribution in [0, 0.1) is 6.92 Å². The number of carbonyl (C=O) groups is 1. The highest BCUT2D eigenvalue weighted by molar-refractivity contribution is 7.14. The van der Waals surface area contributed by atoms with Crippen LogP contribution in [0.5, 0.6) is 0 Å². The van der Waals surface area contributed by atoms with Gasteiger partial charge in [-0.05, 0) is 18.9 Å². The molecule has 0 radical (unpaired) electrons. The van der Waals surface area contributed by atoms with Crippen molar-refractivity contribution in [3.63, 3.8) is 0 Å². The van der Waals surface area contributed by atoms with Crippen LogP contribution in [0.2, 0.25) is 0 Å². The normalized spacial score (nSPS) is 10.7. The first kappa shape index (κ1) is 15.4. The van der Waals surface area contributed by atoms with E-state index in [1.54, 1.807) is 29.0 Å².